The molecule has 64 valence electrons. The minimum absolute atomic E-state index is 0.567. The number of rotatable bonds is 1. The van der Waals surface area contributed by atoms with Crippen molar-refractivity contribution in [3.8, 4) is 12.1 Å². The topological polar surface area (TPSA) is 73.6 Å². The van der Waals surface area contributed by atoms with Crippen LogP contribution in [0.2, 0.25) is 0 Å². The molecule has 0 aromatic heterocycles. The molecule has 0 saturated heterocycles. The van der Waals surface area contributed by atoms with Gasteiger partial charge in [0.15, 0.2) is 0 Å². The average Bonchev–Trinajstić information content (AvgIpc) is 2.18. The van der Waals surface area contributed by atoms with Crippen molar-refractivity contribution in [2.45, 2.75) is 12.5 Å². The van der Waals surface area contributed by atoms with Crippen LogP contribution in [-0.4, -0.2) is 0 Å². The average molecular weight is 171 g/mol. The van der Waals surface area contributed by atoms with Gasteiger partial charge in [0.25, 0.3) is 0 Å². The molecule has 1 aromatic rings. The van der Waals surface area contributed by atoms with E-state index in [9.17, 15) is 0 Å². The van der Waals surface area contributed by atoms with Gasteiger partial charge in [-0.2, -0.15) is 10.5 Å². The Hall–Kier alpha value is -1.84. The maximum Gasteiger partial charge on any atom is 0.126 e. The molecule has 0 unspecified atom stereocenters. The van der Waals surface area contributed by atoms with Gasteiger partial charge in [0.1, 0.15) is 5.54 Å². The van der Waals surface area contributed by atoms with Crippen LogP contribution in [0, 0.1) is 22.7 Å². The first-order chi connectivity index (χ1) is 6.10. The van der Waals surface area contributed by atoms with Crippen molar-refractivity contribution in [2.24, 2.45) is 5.73 Å². The summed E-state index contributed by atoms with van der Waals surface area (Å²) in [6, 6.07) is 10.7. The fourth-order valence-electron chi connectivity index (χ4n) is 0.956. The molecule has 1 atom stereocenters. The van der Waals surface area contributed by atoms with Crippen LogP contribution in [0.25, 0.3) is 0 Å². The number of hydrogen-bond acceptors (Lipinski definition) is 3. The van der Waals surface area contributed by atoms with Gasteiger partial charge in [-0.1, -0.05) is 12.1 Å². The largest absolute Gasteiger partial charge is 0.310 e. The van der Waals surface area contributed by atoms with Gasteiger partial charge < -0.3 is 5.73 Å². The highest BCUT2D eigenvalue weighted by molar-refractivity contribution is 5.36. The Bertz CT molecular complexity index is 376. The molecule has 0 amide bonds. The summed E-state index contributed by atoms with van der Waals surface area (Å²) in [5, 5.41) is 17.3. The maximum atomic E-state index is 8.73. The van der Waals surface area contributed by atoms with Crippen LogP contribution in [0.5, 0.6) is 0 Å². The zero-order valence-corrected chi connectivity index (χ0v) is 7.28. The smallest absolute Gasteiger partial charge is 0.126 e. The van der Waals surface area contributed by atoms with Crippen LogP contribution < -0.4 is 5.73 Å². The molecule has 1 rings (SSSR count). The normalized spacial score (nSPS) is 13.8. The summed E-state index contributed by atoms with van der Waals surface area (Å²) < 4.78 is 0. The molecule has 0 radical (unpaired) electrons. The Morgan fingerprint density at radius 3 is 2.15 bits per heavy atom. The standard InChI is InChI=1S/C10H9N3/c1-10(13,7-12)9-4-2-8(6-11)3-5-9/h2-5H,13H2,1H3/t10-/m1/s1. The number of hydrogen-bond donors (Lipinski definition) is 1. The Kier molecular flexibility index (Phi) is 2.32. The monoisotopic (exact) mass is 171 g/mol. The summed E-state index contributed by atoms with van der Waals surface area (Å²) >= 11 is 0. The Morgan fingerprint density at radius 2 is 1.77 bits per heavy atom. The first-order valence-electron chi connectivity index (χ1n) is 3.81. The van der Waals surface area contributed by atoms with E-state index in [1.54, 1.807) is 31.2 Å². The van der Waals surface area contributed by atoms with Gasteiger partial charge in [-0.05, 0) is 24.6 Å². The van der Waals surface area contributed by atoms with E-state index < -0.39 is 5.54 Å². The number of nitrogens with two attached hydrogens (primary N) is 1. The first-order valence-corrected chi connectivity index (χ1v) is 3.81. The zero-order chi connectivity index (χ0) is 9.90. The SMILES string of the molecule is C[C@@](N)(C#N)c1ccc(C#N)cc1. The molecule has 3 heteroatoms. The minimum atomic E-state index is -0.978. The molecular weight excluding hydrogens is 162 g/mol. The highest BCUT2D eigenvalue weighted by Gasteiger charge is 2.19. The van der Waals surface area contributed by atoms with Crippen LogP contribution in [-0.2, 0) is 5.54 Å². The van der Waals surface area contributed by atoms with E-state index in [0.29, 0.717) is 11.1 Å². The van der Waals surface area contributed by atoms with Gasteiger partial charge in [0, 0.05) is 0 Å². The van der Waals surface area contributed by atoms with Crippen LogP contribution in [0.15, 0.2) is 24.3 Å². The van der Waals surface area contributed by atoms with Crippen molar-refractivity contribution in [3.63, 3.8) is 0 Å². The molecule has 0 fully saturated rings. The Morgan fingerprint density at radius 1 is 1.23 bits per heavy atom. The van der Waals surface area contributed by atoms with Crippen LogP contribution in [0.4, 0.5) is 0 Å². The lowest BCUT2D eigenvalue weighted by Gasteiger charge is -2.15. The number of benzene rings is 1. The van der Waals surface area contributed by atoms with E-state index in [1.807, 2.05) is 12.1 Å². The van der Waals surface area contributed by atoms with E-state index in [4.69, 9.17) is 16.3 Å². The highest BCUT2D eigenvalue weighted by atomic mass is 14.7. The van der Waals surface area contributed by atoms with Crippen LogP contribution in [0.3, 0.4) is 0 Å². The first kappa shape index (κ1) is 9.25. The van der Waals surface area contributed by atoms with Crippen molar-refractivity contribution < 1.29 is 0 Å². The van der Waals surface area contributed by atoms with E-state index >= 15 is 0 Å². The molecule has 13 heavy (non-hydrogen) atoms. The quantitative estimate of drug-likeness (QED) is 0.691. The van der Waals surface area contributed by atoms with E-state index in [-0.39, 0.29) is 0 Å². The molecule has 0 bridgehead atoms. The third-order valence-corrected chi connectivity index (χ3v) is 1.85. The Balaban J connectivity index is 3.09. The molecule has 0 aliphatic rings. The molecule has 0 saturated carbocycles. The molecule has 3 nitrogen and oxygen atoms in total. The van der Waals surface area contributed by atoms with Gasteiger partial charge in [-0.15, -0.1) is 0 Å². The molecule has 0 aliphatic carbocycles. The van der Waals surface area contributed by atoms with E-state index in [2.05, 4.69) is 0 Å². The van der Waals surface area contributed by atoms with Crippen LogP contribution in [0.1, 0.15) is 18.1 Å². The predicted octanol–water partition coefficient (Wildman–Crippen LogP) is 1.26. The maximum absolute atomic E-state index is 8.73. The van der Waals surface area contributed by atoms with Crippen molar-refractivity contribution in [1.82, 2.24) is 0 Å². The summed E-state index contributed by atoms with van der Waals surface area (Å²) in [5.74, 6) is 0. The van der Waals surface area contributed by atoms with Crippen molar-refractivity contribution in [1.29, 1.82) is 10.5 Å². The molecule has 0 spiro atoms. The fourth-order valence-corrected chi connectivity index (χ4v) is 0.956. The zero-order valence-electron chi connectivity index (χ0n) is 7.28. The van der Waals surface area contributed by atoms with Crippen LogP contribution >= 0.6 is 0 Å². The molecule has 1 aromatic carbocycles. The summed E-state index contributed by atoms with van der Waals surface area (Å²) in [6.45, 7) is 1.63. The lowest BCUT2D eigenvalue weighted by Crippen LogP contribution is -2.30. The number of nitriles is 2. The second-order valence-corrected chi connectivity index (χ2v) is 3.00. The lowest BCUT2D eigenvalue weighted by atomic mass is 9.94. The van der Waals surface area contributed by atoms with Gasteiger partial charge in [-0.25, -0.2) is 0 Å². The van der Waals surface area contributed by atoms with Gasteiger partial charge in [0.05, 0.1) is 17.7 Å². The van der Waals surface area contributed by atoms with Crippen molar-refractivity contribution in [2.75, 3.05) is 0 Å². The second kappa shape index (κ2) is 3.26. The Labute approximate surface area is 77.0 Å². The second-order valence-electron chi connectivity index (χ2n) is 3.00. The van der Waals surface area contributed by atoms with Gasteiger partial charge >= 0.3 is 0 Å². The van der Waals surface area contributed by atoms with Gasteiger partial charge in [-0.3, -0.25) is 0 Å². The summed E-state index contributed by atoms with van der Waals surface area (Å²) in [7, 11) is 0. The van der Waals surface area contributed by atoms with Crippen molar-refractivity contribution in [3.05, 3.63) is 35.4 Å². The third kappa shape index (κ3) is 1.84. The van der Waals surface area contributed by atoms with E-state index in [0.717, 1.165) is 0 Å². The minimum Gasteiger partial charge on any atom is -0.310 e. The predicted molar refractivity (Wildman–Crippen MR) is 48.3 cm³/mol. The molecule has 0 heterocycles. The van der Waals surface area contributed by atoms with Gasteiger partial charge in [0.2, 0.25) is 0 Å². The summed E-state index contributed by atoms with van der Waals surface area (Å²) in [4.78, 5) is 0. The lowest BCUT2D eigenvalue weighted by molar-refractivity contribution is 0.646. The number of nitrogens with zero attached hydrogens (tertiary/aromatic N) is 2. The molecule has 0 aliphatic heterocycles. The summed E-state index contributed by atoms with van der Waals surface area (Å²) in [6.07, 6.45) is 0. The molecule has 2 N–H and O–H groups in total. The molecular formula is C10H9N3. The third-order valence-electron chi connectivity index (χ3n) is 1.85. The fraction of sp³-hybridized carbons (Fsp3) is 0.200. The van der Waals surface area contributed by atoms with Crippen molar-refractivity contribution >= 4 is 0 Å². The highest BCUT2D eigenvalue weighted by Crippen LogP contribution is 2.16. The summed E-state index contributed by atoms with van der Waals surface area (Å²) in [5.41, 5.74) is 5.99. The van der Waals surface area contributed by atoms with E-state index in [1.165, 1.54) is 0 Å².